The maximum atomic E-state index is 13.0. The molecule has 2 N–H and O–H groups in total. The largest absolute Gasteiger partial charge is 0.388 e. The minimum atomic E-state index is -0.532. The smallest absolute Gasteiger partial charge is 0.328 e. The molecule has 2 atom stereocenters. The van der Waals surface area contributed by atoms with Gasteiger partial charge in [-0.15, -0.1) is 0 Å². The number of aromatic amines is 1. The Bertz CT molecular complexity index is 1570. The standard InChI is InChI=1S/C23H19ClN6O2/c1-12-2-4-14-15(8-12)18(6-7-20(14)31)30-21-17(27-23(30)32)10-25-22(28-21)29-11-26-16-5-3-13(24)9-19(16)29/h2-5,8-11,18,20,31H,6-7H2,1H3,(H,27,32)/t18?,20-/m1/s1. The van der Waals surface area contributed by atoms with Crippen molar-refractivity contribution in [3.05, 3.63) is 81.1 Å². The van der Waals surface area contributed by atoms with Crippen molar-refractivity contribution in [2.45, 2.75) is 31.9 Å². The third-order valence-electron chi connectivity index (χ3n) is 6.15. The van der Waals surface area contributed by atoms with Crippen LogP contribution < -0.4 is 5.69 Å². The van der Waals surface area contributed by atoms with Crippen LogP contribution in [0.1, 0.15) is 41.7 Å². The zero-order chi connectivity index (χ0) is 22.0. The molecule has 160 valence electrons. The molecule has 32 heavy (non-hydrogen) atoms. The number of hydrogen-bond acceptors (Lipinski definition) is 5. The molecule has 0 saturated heterocycles. The van der Waals surface area contributed by atoms with Crippen molar-refractivity contribution >= 4 is 33.8 Å². The summed E-state index contributed by atoms with van der Waals surface area (Å²) < 4.78 is 3.43. The van der Waals surface area contributed by atoms with E-state index in [1.54, 1.807) is 27.7 Å². The van der Waals surface area contributed by atoms with Gasteiger partial charge in [0, 0.05) is 5.02 Å². The molecule has 0 radical (unpaired) electrons. The van der Waals surface area contributed by atoms with Gasteiger partial charge >= 0.3 is 5.69 Å². The van der Waals surface area contributed by atoms with E-state index in [2.05, 4.69) is 15.0 Å². The fourth-order valence-corrected chi connectivity index (χ4v) is 4.80. The van der Waals surface area contributed by atoms with E-state index in [0.717, 1.165) is 27.7 Å². The predicted molar refractivity (Wildman–Crippen MR) is 121 cm³/mol. The molecule has 0 spiro atoms. The first-order chi connectivity index (χ1) is 15.5. The zero-order valence-electron chi connectivity index (χ0n) is 17.2. The first-order valence-corrected chi connectivity index (χ1v) is 10.8. The summed E-state index contributed by atoms with van der Waals surface area (Å²) in [5.74, 6) is 0.398. The summed E-state index contributed by atoms with van der Waals surface area (Å²) in [5.41, 5.74) is 5.26. The topological polar surface area (TPSA) is 102 Å². The lowest BCUT2D eigenvalue weighted by molar-refractivity contribution is 0.147. The molecule has 0 aliphatic heterocycles. The highest BCUT2D eigenvalue weighted by Gasteiger charge is 2.30. The van der Waals surface area contributed by atoms with Crippen LogP contribution in [0.25, 0.3) is 28.1 Å². The first-order valence-electron chi connectivity index (χ1n) is 10.4. The monoisotopic (exact) mass is 446 g/mol. The van der Waals surface area contributed by atoms with Crippen molar-refractivity contribution in [2.24, 2.45) is 0 Å². The van der Waals surface area contributed by atoms with Crippen LogP contribution in [0.2, 0.25) is 5.02 Å². The lowest BCUT2D eigenvalue weighted by Crippen LogP contribution is -2.28. The van der Waals surface area contributed by atoms with Gasteiger partial charge < -0.3 is 10.1 Å². The van der Waals surface area contributed by atoms with Gasteiger partial charge in [0.25, 0.3) is 0 Å². The SMILES string of the molecule is Cc1ccc2c(c1)C(n1c(=O)[nH]c3cnc(-n4cnc5ccc(Cl)cc54)nc31)CC[C@H]2O. The molecule has 0 bridgehead atoms. The first kappa shape index (κ1) is 19.2. The van der Waals surface area contributed by atoms with Crippen LogP contribution in [0.15, 0.2) is 53.7 Å². The van der Waals surface area contributed by atoms with Gasteiger partial charge in [-0.25, -0.2) is 14.8 Å². The van der Waals surface area contributed by atoms with Gasteiger partial charge in [0.1, 0.15) is 11.8 Å². The average molecular weight is 447 g/mol. The normalized spacial score (nSPS) is 18.3. The molecule has 0 saturated carbocycles. The minimum Gasteiger partial charge on any atom is -0.388 e. The number of imidazole rings is 2. The highest BCUT2D eigenvalue weighted by Crippen LogP contribution is 2.39. The van der Waals surface area contributed by atoms with Crippen molar-refractivity contribution in [3.63, 3.8) is 0 Å². The van der Waals surface area contributed by atoms with Gasteiger partial charge in [-0.05, 0) is 49.1 Å². The van der Waals surface area contributed by atoms with E-state index >= 15 is 0 Å². The van der Waals surface area contributed by atoms with E-state index in [-0.39, 0.29) is 11.7 Å². The fraction of sp³-hybridized carbons (Fsp3) is 0.217. The highest BCUT2D eigenvalue weighted by molar-refractivity contribution is 6.31. The number of aromatic nitrogens is 6. The van der Waals surface area contributed by atoms with E-state index in [4.69, 9.17) is 16.6 Å². The van der Waals surface area contributed by atoms with E-state index < -0.39 is 6.10 Å². The Morgan fingerprint density at radius 3 is 2.88 bits per heavy atom. The number of H-pyrrole nitrogens is 1. The maximum Gasteiger partial charge on any atom is 0.328 e. The number of halogens is 1. The number of fused-ring (bicyclic) bond motifs is 3. The lowest BCUT2D eigenvalue weighted by atomic mass is 9.84. The van der Waals surface area contributed by atoms with Gasteiger partial charge in [-0.2, -0.15) is 4.98 Å². The molecule has 0 fully saturated rings. The Hall–Kier alpha value is -3.49. The Balaban J connectivity index is 1.56. The second kappa shape index (κ2) is 7.01. The second-order valence-corrected chi connectivity index (χ2v) is 8.63. The molecule has 0 amide bonds. The molecule has 9 heteroatoms. The third kappa shape index (κ3) is 2.87. The van der Waals surface area contributed by atoms with Crippen molar-refractivity contribution in [1.29, 1.82) is 0 Å². The molecule has 1 aliphatic carbocycles. The van der Waals surface area contributed by atoms with Crippen LogP contribution in [-0.4, -0.2) is 34.2 Å². The van der Waals surface area contributed by atoms with Crippen molar-refractivity contribution < 1.29 is 5.11 Å². The Labute approximate surface area is 187 Å². The molecular formula is C23H19ClN6O2. The number of aliphatic hydroxyl groups excluding tert-OH is 1. The summed E-state index contributed by atoms with van der Waals surface area (Å²) in [6.45, 7) is 2.01. The number of rotatable bonds is 2. The molecule has 5 aromatic rings. The molecule has 1 unspecified atom stereocenters. The highest BCUT2D eigenvalue weighted by atomic mass is 35.5. The Morgan fingerprint density at radius 2 is 2.00 bits per heavy atom. The summed E-state index contributed by atoms with van der Waals surface area (Å²) in [6, 6.07) is 11.2. The van der Waals surface area contributed by atoms with Crippen LogP contribution in [0.3, 0.4) is 0 Å². The molecule has 6 rings (SSSR count). The Kier molecular flexibility index (Phi) is 4.21. The van der Waals surface area contributed by atoms with Crippen LogP contribution in [0, 0.1) is 6.92 Å². The van der Waals surface area contributed by atoms with Crippen LogP contribution >= 0.6 is 11.6 Å². The second-order valence-electron chi connectivity index (χ2n) is 8.20. The number of aliphatic hydroxyl groups is 1. The molecule has 3 heterocycles. The molecule has 8 nitrogen and oxygen atoms in total. The predicted octanol–water partition coefficient (Wildman–Crippen LogP) is 3.84. The summed E-state index contributed by atoms with van der Waals surface area (Å²) in [6.07, 6.45) is 3.93. The quantitative estimate of drug-likeness (QED) is 0.429. The van der Waals surface area contributed by atoms with E-state index in [9.17, 15) is 9.90 Å². The molecule has 3 aromatic heterocycles. The van der Waals surface area contributed by atoms with Gasteiger partial charge in [0.05, 0.1) is 29.4 Å². The lowest BCUT2D eigenvalue weighted by Gasteiger charge is -2.30. The number of benzene rings is 2. The van der Waals surface area contributed by atoms with Crippen LogP contribution in [0.4, 0.5) is 0 Å². The number of aryl methyl sites for hydroxylation is 1. The number of nitrogens with one attached hydrogen (secondary N) is 1. The minimum absolute atomic E-state index is 0.230. The molecular weight excluding hydrogens is 428 g/mol. The van der Waals surface area contributed by atoms with E-state index in [1.165, 1.54) is 0 Å². The van der Waals surface area contributed by atoms with E-state index in [1.807, 2.05) is 37.3 Å². The molecule has 1 aliphatic rings. The van der Waals surface area contributed by atoms with Crippen LogP contribution in [-0.2, 0) is 0 Å². The fourth-order valence-electron chi connectivity index (χ4n) is 4.63. The Morgan fingerprint density at radius 1 is 1.12 bits per heavy atom. The van der Waals surface area contributed by atoms with Gasteiger partial charge in [-0.1, -0.05) is 35.4 Å². The molecule has 2 aromatic carbocycles. The van der Waals surface area contributed by atoms with Gasteiger partial charge in [-0.3, -0.25) is 9.13 Å². The summed E-state index contributed by atoms with van der Waals surface area (Å²) in [4.78, 5) is 29.5. The average Bonchev–Trinajstić information content (AvgIpc) is 3.33. The summed E-state index contributed by atoms with van der Waals surface area (Å²) in [7, 11) is 0. The van der Waals surface area contributed by atoms with Crippen molar-refractivity contribution in [2.75, 3.05) is 0 Å². The summed E-state index contributed by atoms with van der Waals surface area (Å²) >= 11 is 6.18. The van der Waals surface area contributed by atoms with Crippen LogP contribution in [0.5, 0.6) is 0 Å². The van der Waals surface area contributed by atoms with Crippen molar-refractivity contribution in [3.8, 4) is 5.95 Å². The van der Waals surface area contributed by atoms with E-state index in [0.29, 0.717) is 35.0 Å². The number of nitrogens with zero attached hydrogens (tertiary/aromatic N) is 5. The van der Waals surface area contributed by atoms with Gasteiger partial charge in [0.15, 0.2) is 5.65 Å². The summed E-state index contributed by atoms with van der Waals surface area (Å²) in [5, 5.41) is 11.1. The maximum absolute atomic E-state index is 13.0. The number of hydrogen-bond donors (Lipinski definition) is 2. The third-order valence-corrected chi connectivity index (χ3v) is 6.39. The van der Waals surface area contributed by atoms with Gasteiger partial charge in [0.2, 0.25) is 5.95 Å². The van der Waals surface area contributed by atoms with Crippen molar-refractivity contribution in [1.82, 2.24) is 29.1 Å². The zero-order valence-corrected chi connectivity index (χ0v) is 17.9.